The van der Waals surface area contributed by atoms with Gasteiger partial charge in [-0.25, -0.2) is 4.79 Å². The van der Waals surface area contributed by atoms with Gasteiger partial charge in [0.1, 0.15) is 6.61 Å². The third-order valence-electron chi connectivity index (χ3n) is 3.72. The first-order chi connectivity index (χ1) is 10.8. The quantitative estimate of drug-likeness (QED) is 0.480. The molecule has 23 heavy (non-hydrogen) atoms. The lowest BCUT2D eigenvalue weighted by Gasteiger charge is -2.13. The zero-order chi connectivity index (χ0) is 17.1. The third-order valence-corrected chi connectivity index (χ3v) is 3.72. The number of carbonyl (C=O) groups is 2. The summed E-state index contributed by atoms with van der Waals surface area (Å²) in [5, 5.41) is 4.15. The molecule has 0 N–H and O–H groups in total. The molecule has 2 rings (SSSR count). The van der Waals surface area contributed by atoms with Crippen LogP contribution in [0.15, 0.2) is 24.3 Å². The standard InChI is InChI=1S/C17H21N3O3/c1-11-15(12(2)20(5)18-11)16(21)17(22)23-10-13-7-6-8-14(9-13)19(3)4/h6-9H,10H2,1-5H3. The summed E-state index contributed by atoms with van der Waals surface area (Å²) in [6, 6.07) is 7.61. The molecule has 0 spiro atoms. The van der Waals surface area contributed by atoms with Crippen LogP contribution in [0.2, 0.25) is 0 Å². The number of rotatable bonds is 5. The smallest absolute Gasteiger partial charge is 0.380 e. The fourth-order valence-electron chi connectivity index (χ4n) is 2.34. The van der Waals surface area contributed by atoms with E-state index < -0.39 is 11.8 Å². The molecule has 1 heterocycles. The van der Waals surface area contributed by atoms with Crippen molar-refractivity contribution in [1.29, 1.82) is 0 Å². The predicted octanol–water partition coefficient (Wildman–Crippen LogP) is 2.03. The molecule has 0 atom stereocenters. The lowest BCUT2D eigenvalue weighted by atomic mass is 10.1. The van der Waals surface area contributed by atoms with Crippen LogP contribution in [-0.2, 0) is 23.2 Å². The molecule has 1 aromatic heterocycles. The van der Waals surface area contributed by atoms with Gasteiger partial charge in [0.05, 0.1) is 11.3 Å². The minimum Gasteiger partial charge on any atom is -0.455 e. The average molecular weight is 315 g/mol. The first kappa shape index (κ1) is 16.7. The van der Waals surface area contributed by atoms with E-state index in [1.54, 1.807) is 25.6 Å². The normalized spacial score (nSPS) is 10.5. The summed E-state index contributed by atoms with van der Waals surface area (Å²) in [6.07, 6.45) is 0. The molecule has 0 bridgehead atoms. The van der Waals surface area contributed by atoms with Gasteiger partial charge in [-0.3, -0.25) is 9.48 Å². The number of anilines is 1. The van der Waals surface area contributed by atoms with E-state index in [1.807, 2.05) is 43.3 Å². The molecule has 0 amide bonds. The van der Waals surface area contributed by atoms with Crippen LogP contribution in [0.25, 0.3) is 0 Å². The Morgan fingerprint density at radius 2 is 1.96 bits per heavy atom. The number of hydrogen-bond donors (Lipinski definition) is 0. The van der Waals surface area contributed by atoms with Crippen molar-refractivity contribution in [3.63, 3.8) is 0 Å². The molecule has 122 valence electrons. The van der Waals surface area contributed by atoms with E-state index in [2.05, 4.69) is 5.10 Å². The molecular formula is C17H21N3O3. The van der Waals surface area contributed by atoms with Crippen molar-refractivity contribution in [1.82, 2.24) is 9.78 Å². The molecule has 0 fully saturated rings. The molecule has 6 nitrogen and oxygen atoms in total. The summed E-state index contributed by atoms with van der Waals surface area (Å²) < 4.78 is 6.73. The first-order valence-corrected chi connectivity index (χ1v) is 7.29. The highest BCUT2D eigenvalue weighted by Crippen LogP contribution is 2.16. The second-order valence-electron chi connectivity index (χ2n) is 5.64. The largest absolute Gasteiger partial charge is 0.455 e. The molecule has 0 aliphatic rings. The lowest BCUT2D eigenvalue weighted by Crippen LogP contribution is -2.19. The lowest BCUT2D eigenvalue weighted by molar-refractivity contribution is -0.139. The number of esters is 1. The predicted molar refractivity (Wildman–Crippen MR) is 87.6 cm³/mol. The van der Waals surface area contributed by atoms with E-state index >= 15 is 0 Å². The summed E-state index contributed by atoms with van der Waals surface area (Å²) in [4.78, 5) is 26.2. The second-order valence-corrected chi connectivity index (χ2v) is 5.64. The maximum Gasteiger partial charge on any atom is 0.380 e. The van der Waals surface area contributed by atoms with Crippen molar-refractivity contribution in [3.05, 3.63) is 46.8 Å². The van der Waals surface area contributed by atoms with Crippen LogP contribution < -0.4 is 4.90 Å². The summed E-state index contributed by atoms with van der Waals surface area (Å²) in [5.74, 6) is -1.52. The van der Waals surface area contributed by atoms with E-state index in [-0.39, 0.29) is 6.61 Å². The number of aromatic nitrogens is 2. The van der Waals surface area contributed by atoms with Crippen LogP contribution in [-0.4, -0.2) is 35.6 Å². The Bertz CT molecular complexity index is 748. The Morgan fingerprint density at radius 1 is 1.26 bits per heavy atom. The number of aryl methyl sites for hydroxylation is 2. The van der Waals surface area contributed by atoms with Crippen molar-refractivity contribution >= 4 is 17.4 Å². The van der Waals surface area contributed by atoms with Gasteiger partial charge in [-0.1, -0.05) is 12.1 Å². The number of Topliss-reactive ketones (excluding diaryl/α,β-unsaturated/α-hetero) is 1. The van der Waals surface area contributed by atoms with Crippen LogP contribution in [0, 0.1) is 13.8 Å². The van der Waals surface area contributed by atoms with E-state index in [4.69, 9.17) is 4.74 Å². The highest BCUT2D eigenvalue weighted by Gasteiger charge is 2.25. The molecule has 0 unspecified atom stereocenters. The number of nitrogens with zero attached hydrogens (tertiary/aromatic N) is 3. The van der Waals surface area contributed by atoms with E-state index in [1.165, 1.54) is 0 Å². The van der Waals surface area contributed by atoms with Crippen LogP contribution in [0.1, 0.15) is 27.3 Å². The Morgan fingerprint density at radius 3 is 2.52 bits per heavy atom. The van der Waals surface area contributed by atoms with Crippen molar-refractivity contribution < 1.29 is 14.3 Å². The van der Waals surface area contributed by atoms with Crippen molar-refractivity contribution in [2.45, 2.75) is 20.5 Å². The number of carbonyl (C=O) groups excluding carboxylic acids is 2. The minimum absolute atomic E-state index is 0.0601. The van der Waals surface area contributed by atoms with E-state index in [0.29, 0.717) is 17.0 Å². The van der Waals surface area contributed by atoms with Crippen molar-refractivity contribution in [2.24, 2.45) is 7.05 Å². The van der Waals surface area contributed by atoms with Gasteiger partial charge in [0.15, 0.2) is 0 Å². The van der Waals surface area contributed by atoms with Gasteiger partial charge in [0.2, 0.25) is 0 Å². The van der Waals surface area contributed by atoms with E-state index in [9.17, 15) is 9.59 Å². The Hall–Kier alpha value is -2.63. The molecule has 2 aromatic rings. The van der Waals surface area contributed by atoms with E-state index in [0.717, 1.165) is 11.3 Å². The second kappa shape index (κ2) is 6.64. The zero-order valence-corrected chi connectivity index (χ0v) is 14.1. The Labute approximate surface area is 135 Å². The fourth-order valence-corrected chi connectivity index (χ4v) is 2.34. The van der Waals surface area contributed by atoms with Crippen LogP contribution in [0.3, 0.4) is 0 Å². The SMILES string of the molecule is Cc1nn(C)c(C)c1C(=O)C(=O)OCc1cccc(N(C)C)c1. The summed E-state index contributed by atoms with van der Waals surface area (Å²) in [7, 11) is 5.60. The molecule has 6 heteroatoms. The monoisotopic (exact) mass is 315 g/mol. The minimum atomic E-state index is -0.862. The molecule has 1 aromatic carbocycles. The van der Waals surface area contributed by atoms with Gasteiger partial charge >= 0.3 is 5.97 Å². The van der Waals surface area contributed by atoms with Crippen LogP contribution in [0.4, 0.5) is 5.69 Å². The van der Waals surface area contributed by atoms with Gasteiger partial charge < -0.3 is 9.64 Å². The highest BCUT2D eigenvalue weighted by atomic mass is 16.5. The zero-order valence-electron chi connectivity index (χ0n) is 14.1. The Balaban J connectivity index is 2.08. The molecule has 0 saturated carbocycles. The van der Waals surface area contributed by atoms with Crippen LogP contribution in [0.5, 0.6) is 0 Å². The summed E-state index contributed by atoms with van der Waals surface area (Å²) in [6.45, 7) is 3.51. The third kappa shape index (κ3) is 3.59. The van der Waals surface area contributed by atoms with Crippen LogP contribution >= 0.6 is 0 Å². The number of ketones is 1. The molecule has 0 aliphatic carbocycles. The molecular weight excluding hydrogens is 294 g/mol. The molecule has 0 aliphatic heterocycles. The molecule has 0 saturated heterocycles. The van der Waals surface area contributed by atoms with Crippen molar-refractivity contribution in [2.75, 3.05) is 19.0 Å². The van der Waals surface area contributed by atoms with Crippen molar-refractivity contribution in [3.8, 4) is 0 Å². The molecule has 0 radical (unpaired) electrons. The van der Waals surface area contributed by atoms with Gasteiger partial charge in [-0.15, -0.1) is 0 Å². The topological polar surface area (TPSA) is 64.4 Å². The van der Waals surface area contributed by atoms with Gasteiger partial charge in [-0.05, 0) is 31.5 Å². The van der Waals surface area contributed by atoms with Gasteiger partial charge in [0, 0.05) is 32.5 Å². The first-order valence-electron chi connectivity index (χ1n) is 7.29. The Kier molecular flexibility index (Phi) is 4.83. The fraction of sp³-hybridized carbons (Fsp3) is 0.353. The average Bonchev–Trinajstić information content (AvgIpc) is 2.77. The maximum atomic E-state index is 12.3. The number of hydrogen-bond acceptors (Lipinski definition) is 5. The highest BCUT2D eigenvalue weighted by molar-refractivity contribution is 6.41. The number of ether oxygens (including phenoxy) is 1. The summed E-state index contributed by atoms with van der Waals surface area (Å²) >= 11 is 0. The van der Waals surface area contributed by atoms with Gasteiger partial charge in [0.25, 0.3) is 5.78 Å². The summed E-state index contributed by atoms with van der Waals surface area (Å²) in [5.41, 5.74) is 3.33. The maximum absolute atomic E-state index is 12.3. The number of benzene rings is 1. The van der Waals surface area contributed by atoms with Gasteiger partial charge in [-0.2, -0.15) is 5.10 Å².